The molecule has 0 aliphatic rings. The van der Waals surface area contributed by atoms with E-state index in [1.54, 1.807) is 12.1 Å². The van der Waals surface area contributed by atoms with Crippen molar-refractivity contribution in [1.29, 1.82) is 0 Å². The second kappa shape index (κ2) is 7.54. The summed E-state index contributed by atoms with van der Waals surface area (Å²) in [4.78, 5) is 22.8. The third-order valence-corrected chi connectivity index (χ3v) is 4.79. The molecule has 0 aliphatic heterocycles. The molecule has 0 unspecified atom stereocenters. The van der Waals surface area contributed by atoms with Crippen molar-refractivity contribution in [2.24, 2.45) is 5.73 Å². The Morgan fingerprint density at radius 2 is 1.80 bits per heavy atom. The van der Waals surface area contributed by atoms with E-state index >= 15 is 0 Å². The Hall–Kier alpha value is -2.58. The molecule has 0 heterocycles. The van der Waals surface area contributed by atoms with Gasteiger partial charge in [0.2, 0.25) is 0 Å². The molecular formula is C16H15ClN2O5S. The maximum atomic E-state index is 12.4. The lowest BCUT2D eigenvalue weighted by Crippen LogP contribution is -2.30. The molecule has 1 atom stereocenters. The molecule has 132 valence electrons. The highest BCUT2D eigenvalue weighted by atomic mass is 35.5. The standard InChI is InChI=1S/C16H15ClN2O5S/c1-10(15(18)20)24-16(21)11-3-2-4-14(9-11)25(22,23)19-13-7-5-12(17)6-8-13/h2-10,19H,1H3,(H2,18,20)/t10-/m1/s1. The highest BCUT2D eigenvalue weighted by Gasteiger charge is 2.20. The molecule has 0 saturated carbocycles. The van der Waals surface area contributed by atoms with Crippen LogP contribution in [-0.4, -0.2) is 26.4 Å². The second-order valence-corrected chi connectivity index (χ2v) is 7.21. The van der Waals surface area contributed by atoms with E-state index in [4.69, 9.17) is 22.1 Å². The van der Waals surface area contributed by atoms with Gasteiger partial charge in [0.1, 0.15) is 0 Å². The molecule has 0 fully saturated rings. The van der Waals surface area contributed by atoms with Crippen LogP contribution in [0.25, 0.3) is 0 Å². The number of sulfonamides is 1. The van der Waals surface area contributed by atoms with Gasteiger partial charge in [-0.25, -0.2) is 13.2 Å². The Bertz CT molecular complexity index is 897. The predicted octanol–water partition coefficient (Wildman–Crippen LogP) is 2.17. The maximum absolute atomic E-state index is 12.4. The van der Waals surface area contributed by atoms with Crippen LogP contribution in [0.2, 0.25) is 5.02 Å². The van der Waals surface area contributed by atoms with Crippen molar-refractivity contribution in [1.82, 2.24) is 0 Å². The third-order valence-electron chi connectivity index (χ3n) is 3.16. The molecule has 2 aromatic rings. The lowest BCUT2D eigenvalue weighted by molar-refractivity contribution is -0.125. The fourth-order valence-corrected chi connectivity index (χ4v) is 3.04. The van der Waals surface area contributed by atoms with E-state index in [0.29, 0.717) is 10.7 Å². The summed E-state index contributed by atoms with van der Waals surface area (Å²) < 4.78 is 32.1. The summed E-state index contributed by atoms with van der Waals surface area (Å²) in [5.74, 6) is -1.66. The largest absolute Gasteiger partial charge is 0.449 e. The number of benzene rings is 2. The molecule has 0 saturated heterocycles. The van der Waals surface area contributed by atoms with E-state index < -0.39 is 28.0 Å². The summed E-state index contributed by atoms with van der Waals surface area (Å²) in [6.45, 7) is 1.32. The first-order chi connectivity index (χ1) is 11.7. The van der Waals surface area contributed by atoms with Gasteiger partial charge in [0.25, 0.3) is 15.9 Å². The molecule has 7 nitrogen and oxygen atoms in total. The Morgan fingerprint density at radius 3 is 2.40 bits per heavy atom. The normalized spacial score (nSPS) is 12.2. The van der Waals surface area contributed by atoms with Gasteiger partial charge in [0, 0.05) is 10.7 Å². The number of carbonyl (C=O) groups is 2. The molecule has 3 N–H and O–H groups in total. The summed E-state index contributed by atoms with van der Waals surface area (Å²) in [6, 6.07) is 11.3. The second-order valence-electron chi connectivity index (χ2n) is 5.09. The molecule has 0 spiro atoms. The van der Waals surface area contributed by atoms with Gasteiger partial charge in [-0.3, -0.25) is 9.52 Å². The number of nitrogens with one attached hydrogen (secondary N) is 1. The first-order valence-corrected chi connectivity index (χ1v) is 8.94. The van der Waals surface area contributed by atoms with Crippen molar-refractivity contribution < 1.29 is 22.7 Å². The van der Waals surface area contributed by atoms with E-state index in [1.165, 1.54) is 37.3 Å². The number of hydrogen-bond donors (Lipinski definition) is 2. The highest BCUT2D eigenvalue weighted by molar-refractivity contribution is 7.92. The minimum atomic E-state index is -3.92. The van der Waals surface area contributed by atoms with Crippen molar-refractivity contribution in [3.63, 3.8) is 0 Å². The fourth-order valence-electron chi connectivity index (χ4n) is 1.81. The van der Waals surface area contributed by atoms with Gasteiger partial charge in [0.15, 0.2) is 6.10 Å². The minimum absolute atomic E-state index is 0.0212. The Kier molecular flexibility index (Phi) is 5.66. The van der Waals surface area contributed by atoms with Crippen LogP contribution in [0.15, 0.2) is 53.4 Å². The van der Waals surface area contributed by atoms with Gasteiger partial charge >= 0.3 is 5.97 Å². The van der Waals surface area contributed by atoms with E-state index in [1.807, 2.05) is 0 Å². The number of hydrogen-bond acceptors (Lipinski definition) is 5. The van der Waals surface area contributed by atoms with Gasteiger partial charge in [-0.05, 0) is 49.4 Å². The Labute approximate surface area is 149 Å². The third kappa shape index (κ3) is 4.94. The number of anilines is 1. The van der Waals surface area contributed by atoms with Gasteiger partial charge in [-0.15, -0.1) is 0 Å². The molecule has 2 aromatic carbocycles. The fraction of sp³-hybridized carbons (Fsp3) is 0.125. The van der Waals surface area contributed by atoms with Crippen molar-refractivity contribution in [2.75, 3.05) is 4.72 Å². The summed E-state index contributed by atoms with van der Waals surface area (Å²) in [6.07, 6.45) is -1.13. The van der Waals surface area contributed by atoms with Crippen LogP contribution >= 0.6 is 11.6 Å². The first-order valence-electron chi connectivity index (χ1n) is 7.08. The average Bonchev–Trinajstić information content (AvgIpc) is 2.56. The van der Waals surface area contributed by atoms with E-state index in [9.17, 15) is 18.0 Å². The maximum Gasteiger partial charge on any atom is 0.338 e. The Balaban J connectivity index is 2.23. The number of halogens is 1. The van der Waals surface area contributed by atoms with Crippen molar-refractivity contribution >= 4 is 39.2 Å². The molecule has 9 heteroatoms. The number of primary amides is 1. The van der Waals surface area contributed by atoms with Crippen LogP contribution in [-0.2, 0) is 19.6 Å². The molecule has 0 radical (unpaired) electrons. The monoisotopic (exact) mass is 382 g/mol. The lowest BCUT2D eigenvalue weighted by atomic mass is 10.2. The number of esters is 1. The van der Waals surface area contributed by atoms with Gasteiger partial charge in [-0.2, -0.15) is 0 Å². The topological polar surface area (TPSA) is 116 Å². The lowest BCUT2D eigenvalue weighted by Gasteiger charge is -2.11. The van der Waals surface area contributed by atoms with Crippen LogP contribution in [0, 0.1) is 0 Å². The van der Waals surface area contributed by atoms with Crippen molar-refractivity contribution in [3.05, 3.63) is 59.1 Å². The van der Waals surface area contributed by atoms with Crippen LogP contribution in [0.4, 0.5) is 5.69 Å². The van der Waals surface area contributed by atoms with Crippen LogP contribution in [0.3, 0.4) is 0 Å². The van der Waals surface area contributed by atoms with Crippen LogP contribution < -0.4 is 10.5 Å². The smallest absolute Gasteiger partial charge is 0.338 e. The number of ether oxygens (including phenoxy) is 1. The zero-order valence-electron chi connectivity index (χ0n) is 13.1. The Morgan fingerprint density at radius 1 is 1.16 bits per heavy atom. The molecule has 0 aliphatic carbocycles. The molecule has 1 amide bonds. The van der Waals surface area contributed by atoms with Crippen LogP contribution in [0.1, 0.15) is 17.3 Å². The first kappa shape index (κ1) is 18.8. The van der Waals surface area contributed by atoms with E-state index in [2.05, 4.69) is 4.72 Å². The molecule has 0 aromatic heterocycles. The van der Waals surface area contributed by atoms with Gasteiger partial charge in [0.05, 0.1) is 10.5 Å². The predicted molar refractivity (Wildman–Crippen MR) is 92.8 cm³/mol. The van der Waals surface area contributed by atoms with E-state index in [0.717, 1.165) is 6.07 Å². The van der Waals surface area contributed by atoms with Crippen LogP contribution in [0.5, 0.6) is 0 Å². The van der Waals surface area contributed by atoms with Gasteiger partial charge in [-0.1, -0.05) is 17.7 Å². The average molecular weight is 383 g/mol. The summed E-state index contributed by atoms with van der Waals surface area (Å²) in [7, 11) is -3.92. The van der Waals surface area contributed by atoms with E-state index in [-0.39, 0.29) is 10.5 Å². The van der Waals surface area contributed by atoms with Gasteiger partial charge < -0.3 is 10.5 Å². The zero-order chi connectivity index (χ0) is 18.6. The zero-order valence-corrected chi connectivity index (χ0v) is 14.7. The number of amides is 1. The van der Waals surface area contributed by atoms with Crippen molar-refractivity contribution in [2.45, 2.75) is 17.9 Å². The summed E-state index contributed by atoms with van der Waals surface area (Å²) >= 11 is 5.76. The number of rotatable bonds is 6. The summed E-state index contributed by atoms with van der Waals surface area (Å²) in [5, 5.41) is 0.469. The molecular weight excluding hydrogens is 368 g/mol. The SMILES string of the molecule is C[C@@H](OC(=O)c1cccc(S(=O)(=O)Nc2ccc(Cl)cc2)c1)C(N)=O. The molecule has 2 rings (SSSR count). The number of carbonyl (C=O) groups excluding carboxylic acids is 2. The molecule has 0 bridgehead atoms. The minimum Gasteiger partial charge on any atom is -0.449 e. The highest BCUT2D eigenvalue weighted by Crippen LogP contribution is 2.19. The quantitative estimate of drug-likeness (QED) is 0.743. The number of nitrogens with two attached hydrogens (primary N) is 1. The molecule has 25 heavy (non-hydrogen) atoms. The summed E-state index contributed by atoms with van der Waals surface area (Å²) in [5.41, 5.74) is 5.32. The van der Waals surface area contributed by atoms with Crippen molar-refractivity contribution in [3.8, 4) is 0 Å².